The monoisotopic (exact) mass is 533 g/mol. The molecule has 38 heavy (non-hydrogen) atoms. The molecule has 1 aromatic carbocycles. The van der Waals surface area contributed by atoms with Crippen LogP contribution in [0.15, 0.2) is 41.9 Å². The lowest BCUT2D eigenvalue weighted by Crippen LogP contribution is -2.62. The van der Waals surface area contributed by atoms with Crippen molar-refractivity contribution in [2.45, 2.75) is 50.5 Å². The van der Waals surface area contributed by atoms with Crippen molar-refractivity contribution in [2.24, 2.45) is 17.8 Å². The first-order chi connectivity index (χ1) is 18.6. The van der Waals surface area contributed by atoms with E-state index < -0.39 is 0 Å². The van der Waals surface area contributed by atoms with E-state index in [1.807, 2.05) is 6.07 Å². The Hall–Kier alpha value is -2.42. The zero-order valence-corrected chi connectivity index (χ0v) is 23.0. The minimum Gasteiger partial charge on any atom is -0.379 e. The van der Waals surface area contributed by atoms with Gasteiger partial charge in [0.25, 0.3) is 0 Å². The van der Waals surface area contributed by atoms with E-state index in [2.05, 4.69) is 55.4 Å². The summed E-state index contributed by atoms with van der Waals surface area (Å²) in [7, 11) is 0. The van der Waals surface area contributed by atoms with Crippen LogP contribution in [0.3, 0.4) is 0 Å². The Morgan fingerprint density at radius 3 is 2.47 bits per heavy atom. The van der Waals surface area contributed by atoms with Crippen molar-refractivity contribution < 1.29 is 9.53 Å². The number of imidazole rings is 1. The van der Waals surface area contributed by atoms with Crippen molar-refractivity contribution in [3.05, 3.63) is 47.6 Å². The number of fused-ring (bicyclic) bond motifs is 1. The second-order valence-electron chi connectivity index (χ2n) is 12.2. The van der Waals surface area contributed by atoms with Crippen LogP contribution in [-0.4, -0.2) is 76.7 Å². The van der Waals surface area contributed by atoms with E-state index in [1.54, 1.807) is 11.3 Å². The van der Waals surface area contributed by atoms with Crippen LogP contribution in [0.1, 0.15) is 44.2 Å². The van der Waals surface area contributed by atoms with Gasteiger partial charge in [0.2, 0.25) is 0 Å². The molecule has 8 rings (SSSR count). The molecule has 2 amide bonds. The van der Waals surface area contributed by atoms with Gasteiger partial charge in [-0.25, -0.2) is 9.78 Å². The number of hydrogen-bond donors (Lipinski definition) is 1. The molecule has 5 fully saturated rings. The van der Waals surface area contributed by atoms with Crippen LogP contribution in [0.5, 0.6) is 0 Å². The molecule has 202 valence electrons. The van der Waals surface area contributed by atoms with Gasteiger partial charge in [0.05, 0.1) is 18.9 Å². The second-order valence-corrected chi connectivity index (χ2v) is 13.0. The van der Waals surface area contributed by atoms with Crippen LogP contribution in [-0.2, 0) is 11.2 Å². The summed E-state index contributed by atoms with van der Waals surface area (Å²) in [6.45, 7) is 5.85. The number of ether oxygens (including phenoxy) is 1. The zero-order chi connectivity index (χ0) is 25.5. The molecule has 0 radical (unpaired) electrons. The third kappa shape index (κ3) is 4.98. The highest BCUT2D eigenvalue weighted by Crippen LogP contribution is 2.55. The van der Waals surface area contributed by atoms with Gasteiger partial charge in [-0.1, -0.05) is 30.3 Å². The predicted molar refractivity (Wildman–Crippen MR) is 150 cm³/mol. The number of morpholine rings is 1. The maximum atomic E-state index is 13.9. The Labute approximate surface area is 229 Å². The summed E-state index contributed by atoms with van der Waals surface area (Å²) in [5.41, 5.74) is 3.39. The van der Waals surface area contributed by atoms with Crippen LogP contribution in [0.2, 0.25) is 0 Å². The van der Waals surface area contributed by atoms with Gasteiger partial charge in [0, 0.05) is 67.5 Å². The summed E-state index contributed by atoms with van der Waals surface area (Å²) in [4.78, 5) is 24.3. The molecule has 8 heteroatoms. The van der Waals surface area contributed by atoms with Gasteiger partial charge < -0.3 is 15.0 Å². The van der Waals surface area contributed by atoms with E-state index >= 15 is 0 Å². The molecule has 3 heterocycles. The number of carbonyl (C=O) groups excluding carboxylic acids is 1. The number of thiazole rings is 1. The molecule has 7 nitrogen and oxygen atoms in total. The Bertz CT molecular complexity index is 1230. The number of benzene rings is 1. The standard InChI is InChI=1S/C30H39N5O2S/c36-28(32-30-17-22-14-23(18-30)16-24(15-22)19-30)34(9-8-33-10-12-37-13-11-33)7-6-26-21-38-29-31-27(20-35(26)29)25-4-2-1-3-5-25/h1-5,20-24H,6-19H2,(H,32,36). The Morgan fingerprint density at radius 1 is 1.05 bits per heavy atom. The summed E-state index contributed by atoms with van der Waals surface area (Å²) in [5.74, 6) is 2.47. The SMILES string of the molecule is O=C(NC12CC3CC(CC(C3)C1)C2)N(CCc1csc2nc(-c3ccccc3)cn12)CCN1CCOCC1. The van der Waals surface area contributed by atoms with Crippen molar-refractivity contribution in [1.82, 2.24) is 24.5 Å². The molecule has 1 saturated heterocycles. The maximum absolute atomic E-state index is 13.9. The maximum Gasteiger partial charge on any atom is 0.317 e. The summed E-state index contributed by atoms with van der Waals surface area (Å²) in [6.07, 6.45) is 10.7. The third-order valence-electron chi connectivity index (χ3n) is 9.48. The largest absolute Gasteiger partial charge is 0.379 e. The minimum atomic E-state index is 0.0353. The third-order valence-corrected chi connectivity index (χ3v) is 10.4. The Balaban J connectivity index is 1.06. The summed E-state index contributed by atoms with van der Waals surface area (Å²) >= 11 is 1.68. The molecule has 2 aromatic heterocycles. The zero-order valence-electron chi connectivity index (χ0n) is 22.2. The molecule has 4 aliphatic carbocycles. The molecule has 0 atom stereocenters. The van der Waals surface area contributed by atoms with Gasteiger partial charge in [-0.3, -0.25) is 9.30 Å². The first-order valence-corrected chi connectivity index (χ1v) is 15.4. The van der Waals surface area contributed by atoms with Crippen molar-refractivity contribution in [1.29, 1.82) is 0 Å². The molecular weight excluding hydrogens is 494 g/mol. The quantitative estimate of drug-likeness (QED) is 0.447. The fourth-order valence-electron chi connectivity index (χ4n) is 7.98. The molecule has 5 aliphatic rings. The number of aromatic nitrogens is 2. The van der Waals surface area contributed by atoms with E-state index in [0.717, 1.165) is 79.8 Å². The summed E-state index contributed by atoms with van der Waals surface area (Å²) in [6, 6.07) is 10.5. The molecule has 0 unspecified atom stereocenters. The fraction of sp³-hybridized carbons (Fsp3) is 0.600. The molecule has 1 N–H and O–H groups in total. The number of amides is 2. The first kappa shape index (κ1) is 24.6. The lowest BCUT2D eigenvalue weighted by atomic mass is 9.53. The second kappa shape index (κ2) is 10.3. The van der Waals surface area contributed by atoms with E-state index in [-0.39, 0.29) is 11.6 Å². The van der Waals surface area contributed by atoms with E-state index in [9.17, 15) is 4.79 Å². The number of nitrogens with one attached hydrogen (secondary N) is 1. The van der Waals surface area contributed by atoms with Gasteiger partial charge in [-0.15, -0.1) is 11.3 Å². The highest BCUT2D eigenvalue weighted by molar-refractivity contribution is 7.15. The van der Waals surface area contributed by atoms with Crippen molar-refractivity contribution >= 4 is 22.3 Å². The molecule has 3 aromatic rings. The average molecular weight is 534 g/mol. The van der Waals surface area contributed by atoms with Crippen LogP contribution >= 0.6 is 11.3 Å². The number of hydrogen-bond acceptors (Lipinski definition) is 5. The number of rotatable bonds is 8. The van der Waals surface area contributed by atoms with Gasteiger partial charge in [0.1, 0.15) is 0 Å². The smallest absolute Gasteiger partial charge is 0.317 e. The minimum absolute atomic E-state index is 0.0353. The van der Waals surface area contributed by atoms with Crippen LogP contribution < -0.4 is 5.32 Å². The lowest BCUT2D eigenvalue weighted by molar-refractivity contribution is -0.0160. The van der Waals surface area contributed by atoms with Crippen LogP contribution in [0.4, 0.5) is 4.79 Å². The molecule has 1 aliphatic heterocycles. The summed E-state index contributed by atoms with van der Waals surface area (Å²) in [5, 5.41) is 5.84. The first-order valence-electron chi connectivity index (χ1n) is 14.5. The van der Waals surface area contributed by atoms with E-state index in [4.69, 9.17) is 9.72 Å². The van der Waals surface area contributed by atoms with Crippen LogP contribution in [0.25, 0.3) is 16.2 Å². The van der Waals surface area contributed by atoms with Gasteiger partial charge >= 0.3 is 6.03 Å². The summed E-state index contributed by atoms with van der Waals surface area (Å²) < 4.78 is 7.75. The Kier molecular flexibility index (Phi) is 6.66. The average Bonchev–Trinajstić information content (AvgIpc) is 3.50. The lowest BCUT2D eigenvalue weighted by Gasteiger charge is -2.57. The van der Waals surface area contributed by atoms with Gasteiger partial charge in [0.15, 0.2) is 4.96 Å². The highest BCUT2D eigenvalue weighted by Gasteiger charge is 2.51. The molecule has 4 bridgehead atoms. The van der Waals surface area contributed by atoms with E-state index in [0.29, 0.717) is 6.54 Å². The fourth-order valence-corrected chi connectivity index (χ4v) is 8.89. The normalized spacial score (nSPS) is 28.7. The number of nitrogens with zero attached hydrogens (tertiary/aromatic N) is 4. The van der Waals surface area contributed by atoms with Gasteiger partial charge in [-0.2, -0.15) is 0 Å². The number of carbonyl (C=O) groups is 1. The number of urea groups is 1. The van der Waals surface area contributed by atoms with Gasteiger partial charge in [-0.05, 0) is 56.3 Å². The molecular formula is C30H39N5O2S. The topological polar surface area (TPSA) is 62.1 Å². The molecule has 4 saturated carbocycles. The van der Waals surface area contributed by atoms with Crippen molar-refractivity contribution in [3.63, 3.8) is 0 Å². The van der Waals surface area contributed by atoms with E-state index in [1.165, 1.54) is 44.2 Å². The van der Waals surface area contributed by atoms with Crippen LogP contribution in [0, 0.1) is 17.8 Å². The highest BCUT2D eigenvalue weighted by atomic mass is 32.1. The predicted octanol–water partition coefficient (Wildman–Crippen LogP) is 4.92. The van der Waals surface area contributed by atoms with Crippen molar-refractivity contribution in [3.8, 4) is 11.3 Å². The van der Waals surface area contributed by atoms with Crippen molar-refractivity contribution in [2.75, 3.05) is 45.9 Å². The Morgan fingerprint density at radius 2 is 1.76 bits per heavy atom. The molecule has 0 spiro atoms.